The molecule has 0 saturated carbocycles. The number of hydrogen-bond acceptors (Lipinski definition) is 7. The van der Waals surface area contributed by atoms with Gasteiger partial charge in [-0.1, -0.05) is 12.2 Å². The van der Waals surface area contributed by atoms with Crippen LogP contribution in [0.3, 0.4) is 0 Å². The molecule has 4 rings (SSSR count). The predicted molar refractivity (Wildman–Crippen MR) is 118 cm³/mol. The molecule has 0 spiro atoms. The van der Waals surface area contributed by atoms with Crippen molar-refractivity contribution in [2.45, 2.75) is 31.2 Å². The number of alkyl halides is 3. The van der Waals surface area contributed by atoms with Crippen molar-refractivity contribution in [1.82, 2.24) is 14.9 Å². The highest BCUT2D eigenvalue weighted by Gasteiger charge is 2.40. The summed E-state index contributed by atoms with van der Waals surface area (Å²) < 4.78 is 52.1. The number of nitrogens with zero attached hydrogens (tertiary/aromatic N) is 3. The average molecular weight is 490 g/mol. The second-order valence-electron chi connectivity index (χ2n) is 7.91. The third-order valence-electron chi connectivity index (χ3n) is 5.74. The summed E-state index contributed by atoms with van der Waals surface area (Å²) in [5.41, 5.74) is -0.0955. The Bertz CT molecular complexity index is 1230. The Morgan fingerprint density at radius 2 is 2.06 bits per heavy atom. The standard InChI is InChI=1S/C23H21F3N4O5/c1-30-18(31)9-7-12-4-3-5-16(19(12)30)35-20-14(23(24,25)26)11-27-22(29-20)28-15-8-6-13(21(32)33)10-17(15)34-2/h3-6,8,10-11,16,19H,7,9H2,1-2H3,(H,32,33)(H,27,28,29). The first-order chi connectivity index (χ1) is 16.6. The lowest BCUT2D eigenvalue weighted by Gasteiger charge is -2.40. The van der Waals surface area contributed by atoms with E-state index in [4.69, 9.17) is 14.6 Å². The number of carbonyl (C=O) groups is 2. The summed E-state index contributed by atoms with van der Waals surface area (Å²) in [5, 5.41) is 11.9. The molecule has 0 bridgehead atoms. The molecule has 2 unspecified atom stereocenters. The van der Waals surface area contributed by atoms with E-state index in [1.165, 1.54) is 30.2 Å². The van der Waals surface area contributed by atoms with Crippen molar-refractivity contribution in [3.05, 3.63) is 59.3 Å². The molecule has 1 saturated heterocycles. The highest BCUT2D eigenvalue weighted by atomic mass is 19.4. The van der Waals surface area contributed by atoms with Gasteiger partial charge in [0, 0.05) is 19.7 Å². The highest BCUT2D eigenvalue weighted by molar-refractivity contribution is 5.89. The van der Waals surface area contributed by atoms with Gasteiger partial charge in [-0.15, -0.1) is 0 Å². The van der Waals surface area contributed by atoms with Crippen LogP contribution in [0.4, 0.5) is 24.8 Å². The number of hydrogen-bond donors (Lipinski definition) is 2. The molecule has 1 aromatic heterocycles. The molecule has 2 heterocycles. The van der Waals surface area contributed by atoms with Gasteiger partial charge in [0.05, 0.1) is 24.4 Å². The minimum atomic E-state index is -4.79. The number of aromatic nitrogens is 2. The molecule has 184 valence electrons. The number of carboxylic acid groups (broad SMARTS) is 1. The summed E-state index contributed by atoms with van der Waals surface area (Å²) in [4.78, 5) is 32.6. The Balaban J connectivity index is 1.67. The second-order valence-corrected chi connectivity index (χ2v) is 7.91. The number of benzene rings is 1. The molecule has 35 heavy (non-hydrogen) atoms. The number of anilines is 2. The molecule has 1 aromatic carbocycles. The molecule has 0 radical (unpaired) electrons. The van der Waals surface area contributed by atoms with Crippen molar-refractivity contribution in [3.8, 4) is 11.6 Å². The van der Waals surface area contributed by atoms with Gasteiger partial charge in [-0.25, -0.2) is 9.78 Å². The van der Waals surface area contributed by atoms with Gasteiger partial charge in [0.15, 0.2) is 0 Å². The van der Waals surface area contributed by atoms with Crippen LogP contribution < -0.4 is 14.8 Å². The van der Waals surface area contributed by atoms with E-state index in [1.807, 2.05) is 6.08 Å². The minimum Gasteiger partial charge on any atom is -0.495 e. The van der Waals surface area contributed by atoms with Gasteiger partial charge in [-0.2, -0.15) is 18.2 Å². The Labute approximate surface area is 197 Å². The Morgan fingerprint density at radius 3 is 2.74 bits per heavy atom. The van der Waals surface area contributed by atoms with Gasteiger partial charge in [-0.05, 0) is 36.3 Å². The molecule has 2 atom stereocenters. The van der Waals surface area contributed by atoms with Gasteiger partial charge >= 0.3 is 12.1 Å². The van der Waals surface area contributed by atoms with Gasteiger partial charge in [0.25, 0.3) is 0 Å². The number of methoxy groups -OCH3 is 1. The number of halogens is 3. The number of piperidine rings is 1. The van der Waals surface area contributed by atoms with Crippen LogP contribution in [0.2, 0.25) is 0 Å². The van der Waals surface area contributed by atoms with Crippen LogP contribution in [0, 0.1) is 0 Å². The van der Waals surface area contributed by atoms with Crippen molar-refractivity contribution in [3.63, 3.8) is 0 Å². The topological polar surface area (TPSA) is 114 Å². The Kier molecular flexibility index (Phi) is 6.37. The van der Waals surface area contributed by atoms with Gasteiger partial charge < -0.3 is 24.8 Å². The quantitative estimate of drug-likeness (QED) is 0.629. The smallest absolute Gasteiger partial charge is 0.423 e. The number of carbonyl (C=O) groups excluding carboxylic acids is 1. The zero-order chi connectivity index (χ0) is 25.3. The number of nitrogens with one attached hydrogen (secondary N) is 1. The van der Waals surface area contributed by atoms with E-state index < -0.39 is 35.7 Å². The maximum Gasteiger partial charge on any atom is 0.423 e. The number of fused-ring (bicyclic) bond motifs is 1. The minimum absolute atomic E-state index is 0.0381. The first-order valence-corrected chi connectivity index (χ1v) is 10.5. The molecule has 1 fully saturated rings. The molecule has 2 aromatic rings. The van der Waals surface area contributed by atoms with Crippen molar-refractivity contribution < 1.29 is 37.3 Å². The van der Waals surface area contributed by atoms with Crippen LogP contribution >= 0.6 is 0 Å². The molecule has 1 aliphatic heterocycles. The number of likely N-dealkylation sites (N-methyl/N-ethyl adjacent to an activating group) is 1. The number of carboxylic acids is 1. The van der Waals surface area contributed by atoms with Crippen LogP contribution in [0.1, 0.15) is 28.8 Å². The number of ether oxygens (including phenoxy) is 2. The monoisotopic (exact) mass is 490 g/mol. The third kappa shape index (κ3) is 4.91. The molecular formula is C23H21F3N4O5. The van der Waals surface area contributed by atoms with Crippen LogP contribution in [-0.2, 0) is 11.0 Å². The number of amides is 1. The molecule has 2 N–H and O–H groups in total. The van der Waals surface area contributed by atoms with Crippen LogP contribution in [0.15, 0.2) is 48.2 Å². The van der Waals surface area contributed by atoms with Crippen LogP contribution in [0.25, 0.3) is 0 Å². The third-order valence-corrected chi connectivity index (χ3v) is 5.74. The number of likely N-dealkylation sites (tertiary alicyclic amines) is 1. The first kappa shape index (κ1) is 24.0. The van der Waals surface area contributed by atoms with E-state index >= 15 is 0 Å². The fourth-order valence-corrected chi connectivity index (χ4v) is 3.98. The first-order valence-electron chi connectivity index (χ1n) is 10.5. The highest BCUT2D eigenvalue weighted by Crippen LogP contribution is 2.38. The zero-order valence-electron chi connectivity index (χ0n) is 18.7. The summed E-state index contributed by atoms with van der Waals surface area (Å²) in [6.07, 6.45) is 0.816. The largest absolute Gasteiger partial charge is 0.495 e. The van der Waals surface area contributed by atoms with E-state index in [1.54, 1.807) is 19.2 Å². The Hall–Kier alpha value is -4.09. The molecule has 1 aliphatic carbocycles. The summed E-state index contributed by atoms with van der Waals surface area (Å²) >= 11 is 0. The van der Waals surface area contributed by atoms with Crippen LogP contribution in [-0.4, -0.2) is 58.2 Å². The lowest BCUT2D eigenvalue weighted by molar-refractivity contribution is -0.141. The predicted octanol–water partition coefficient (Wildman–Crippen LogP) is 3.81. The Morgan fingerprint density at radius 1 is 1.29 bits per heavy atom. The van der Waals surface area contributed by atoms with Gasteiger partial charge in [0.1, 0.15) is 17.4 Å². The van der Waals surface area contributed by atoms with E-state index in [-0.39, 0.29) is 28.9 Å². The number of allylic oxidation sites excluding steroid dienone is 2. The van der Waals surface area contributed by atoms with Crippen molar-refractivity contribution in [2.75, 3.05) is 19.5 Å². The lowest BCUT2D eigenvalue weighted by atomic mass is 9.88. The fraction of sp³-hybridized carbons (Fsp3) is 0.304. The van der Waals surface area contributed by atoms with Crippen LogP contribution in [0.5, 0.6) is 11.6 Å². The van der Waals surface area contributed by atoms with E-state index in [0.717, 1.165) is 5.57 Å². The second kappa shape index (κ2) is 9.28. The number of aromatic carboxylic acids is 1. The summed E-state index contributed by atoms with van der Waals surface area (Å²) in [6.45, 7) is 0. The molecule has 1 amide bonds. The van der Waals surface area contributed by atoms with E-state index in [2.05, 4.69) is 15.3 Å². The van der Waals surface area contributed by atoms with Crippen molar-refractivity contribution >= 4 is 23.5 Å². The fourth-order valence-electron chi connectivity index (χ4n) is 3.98. The molecule has 12 heteroatoms. The number of rotatable bonds is 6. The zero-order valence-corrected chi connectivity index (χ0v) is 18.7. The van der Waals surface area contributed by atoms with E-state index in [9.17, 15) is 22.8 Å². The molecular weight excluding hydrogens is 469 g/mol. The summed E-state index contributed by atoms with van der Waals surface area (Å²) in [7, 11) is 2.90. The maximum absolute atomic E-state index is 13.7. The SMILES string of the molecule is COc1cc(C(=O)O)ccc1Nc1ncc(C(F)(F)F)c(OC2C=CC=C3CCC(=O)N(C)C32)n1. The lowest BCUT2D eigenvalue weighted by Crippen LogP contribution is -2.51. The normalized spacial score (nSPS) is 19.6. The molecule has 2 aliphatic rings. The average Bonchev–Trinajstić information content (AvgIpc) is 2.81. The van der Waals surface area contributed by atoms with Crippen molar-refractivity contribution in [2.24, 2.45) is 0 Å². The maximum atomic E-state index is 13.7. The van der Waals surface area contributed by atoms with E-state index in [0.29, 0.717) is 19.0 Å². The molecule has 9 nitrogen and oxygen atoms in total. The summed E-state index contributed by atoms with van der Waals surface area (Å²) in [6, 6.07) is 3.37. The van der Waals surface area contributed by atoms with Gasteiger partial charge in [-0.3, -0.25) is 4.79 Å². The van der Waals surface area contributed by atoms with Crippen molar-refractivity contribution in [1.29, 1.82) is 0 Å². The summed E-state index contributed by atoms with van der Waals surface area (Å²) in [5.74, 6) is -2.11. The van der Waals surface area contributed by atoms with Gasteiger partial charge in [0.2, 0.25) is 17.7 Å².